The van der Waals surface area contributed by atoms with Gasteiger partial charge in [-0.25, -0.2) is 4.98 Å². The standard InChI is InChI=1S/C23H23N3O4S/c1-28-15-5-6-17(19(27)12-15)21-24-22(26-7-9-31-10-8-26)18-11-14-3-4-16(29-2)13-20(14)30-23(18)25-21/h3-6,12-13,27H,7-11H2,1-2H3. The topological polar surface area (TPSA) is 76.9 Å². The van der Waals surface area contributed by atoms with E-state index in [1.165, 1.54) is 0 Å². The zero-order valence-electron chi connectivity index (χ0n) is 17.4. The number of thioether (sulfide) groups is 1. The zero-order chi connectivity index (χ0) is 21.4. The Morgan fingerprint density at radius 2 is 1.74 bits per heavy atom. The maximum atomic E-state index is 10.6. The van der Waals surface area contributed by atoms with Gasteiger partial charge < -0.3 is 24.2 Å². The first kappa shape index (κ1) is 19.8. The summed E-state index contributed by atoms with van der Waals surface area (Å²) in [4.78, 5) is 11.9. The maximum Gasteiger partial charge on any atom is 0.228 e. The molecule has 1 aromatic heterocycles. The van der Waals surface area contributed by atoms with E-state index in [0.29, 0.717) is 29.4 Å². The van der Waals surface area contributed by atoms with Crippen LogP contribution in [0, 0.1) is 0 Å². The minimum absolute atomic E-state index is 0.0670. The highest BCUT2D eigenvalue weighted by molar-refractivity contribution is 7.99. The van der Waals surface area contributed by atoms with Crippen LogP contribution < -0.4 is 19.1 Å². The number of rotatable bonds is 4. The van der Waals surface area contributed by atoms with Crippen molar-refractivity contribution in [2.75, 3.05) is 43.7 Å². The molecule has 0 aliphatic carbocycles. The molecule has 1 fully saturated rings. The number of ether oxygens (including phenoxy) is 3. The van der Waals surface area contributed by atoms with Gasteiger partial charge in [0.15, 0.2) is 5.82 Å². The van der Waals surface area contributed by atoms with E-state index in [0.717, 1.165) is 53.0 Å². The second kappa shape index (κ2) is 8.19. The van der Waals surface area contributed by atoms with Crippen molar-refractivity contribution in [2.45, 2.75) is 6.42 Å². The van der Waals surface area contributed by atoms with Crippen LogP contribution in [0.4, 0.5) is 5.82 Å². The Morgan fingerprint density at radius 3 is 2.48 bits per heavy atom. The minimum atomic E-state index is 0.0670. The summed E-state index contributed by atoms with van der Waals surface area (Å²) in [5, 5.41) is 10.6. The average Bonchev–Trinajstić information content (AvgIpc) is 2.82. The number of aromatic hydroxyl groups is 1. The van der Waals surface area contributed by atoms with Crippen molar-refractivity contribution in [2.24, 2.45) is 0 Å². The van der Waals surface area contributed by atoms with Crippen molar-refractivity contribution in [1.29, 1.82) is 0 Å². The highest BCUT2D eigenvalue weighted by atomic mass is 32.2. The zero-order valence-corrected chi connectivity index (χ0v) is 18.2. The van der Waals surface area contributed by atoms with Crippen molar-refractivity contribution in [3.05, 3.63) is 47.5 Å². The van der Waals surface area contributed by atoms with Gasteiger partial charge in [0.25, 0.3) is 0 Å². The van der Waals surface area contributed by atoms with Crippen molar-refractivity contribution in [3.8, 4) is 40.3 Å². The van der Waals surface area contributed by atoms with E-state index in [9.17, 15) is 5.11 Å². The second-order valence-electron chi connectivity index (χ2n) is 7.39. The summed E-state index contributed by atoms with van der Waals surface area (Å²) in [6.07, 6.45) is 0.683. The molecule has 0 bridgehead atoms. The first-order valence-corrected chi connectivity index (χ1v) is 11.3. The first-order valence-electron chi connectivity index (χ1n) is 10.1. The first-order chi connectivity index (χ1) is 15.2. The smallest absolute Gasteiger partial charge is 0.228 e. The molecular formula is C23H23N3O4S. The number of fused-ring (bicyclic) bond motifs is 2. The number of phenols is 1. The fourth-order valence-electron chi connectivity index (χ4n) is 3.87. The molecule has 0 spiro atoms. The number of methoxy groups -OCH3 is 2. The summed E-state index contributed by atoms with van der Waals surface area (Å²) >= 11 is 1.95. The lowest BCUT2D eigenvalue weighted by atomic mass is 10.0. The fourth-order valence-corrected chi connectivity index (χ4v) is 4.78. The molecule has 0 amide bonds. The number of benzene rings is 2. The number of anilines is 1. The minimum Gasteiger partial charge on any atom is -0.507 e. The van der Waals surface area contributed by atoms with E-state index >= 15 is 0 Å². The molecule has 7 nitrogen and oxygen atoms in total. The highest BCUT2D eigenvalue weighted by Gasteiger charge is 2.28. The molecule has 2 aliphatic heterocycles. The second-order valence-corrected chi connectivity index (χ2v) is 8.61. The van der Waals surface area contributed by atoms with Crippen LogP contribution in [0.15, 0.2) is 36.4 Å². The van der Waals surface area contributed by atoms with E-state index in [-0.39, 0.29) is 5.75 Å². The third kappa shape index (κ3) is 3.72. The van der Waals surface area contributed by atoms with Crippen molar-refractivity contribution in [1.82, 2.24) is 9.97 Å². The van der Waals surface area contributed by atoms with Crippen molar-refractivity contribution >= 4 is 17.6 Å². The Morgan fingerprint density at radius 1 is 1.00 bits per heavy atom. The molecule has 0 saturated carbocycles. The Balaban J connectivity index is 1.63. The summed E-state index contributed by atoms with van der Waals surface area (Å²) in [5.74, 6) is 6.03. The molecule has 8 heteroatoms. The molecule has 160 valence electrons. The molecule has 5 rings (SSSR count). The quantitative estimate of drug-likeness (QED) is 0.511. The number of phenolic OH excluding ortho intramolecular Hbond substituents is 1. The molecule has 2 aromatic carbocycles. The third-order valence-corrected chi connectivity index (χ3v) is 6.49. The van der Waals surface area contributed by atoms with Gasteiger partial charge in [0.1, 0.15) is 28.8 Å². The van der Waals surface area contributed by atoms with Gasteiger partial charge in [0.05, 0.1) is 25.3 Å². The van der Waals surface area contributed by atoms with Gasteiger partial charge in [-0.1, -0.05) is 6.07 Å². The Hall–Kier alpha value is -3.13. The summed E-state index contributed by atoms with van der Waals surface area (Å²) in [7, 11) is 3.20. The van der Waals surface area contributed by atoms with E-state index < -0.39 is 0 Å². The molecule has 1 N–H and O–H groups in total. The molecule has 3 heterocycles. The van der Waals surface area contributed by atoms with Crippen LogP contribution in [0.3, 0.4) is 0 Å². The van der Waals surface area contributed by atoms with Gasteiger partial charge in [-0.3, -0.25) is 0 Å². The predicted octanol–water partition coefficient (Wildman–Crippen LogP) is 4.12. The number of nitrogens with zero attached hydrogens (tertiary/aromatic N) is 3. The molecule has 31 heavy (non-hydrogen) atoms. The monoisotopic (exact) mass is 437 g/mol. The number of hydrogen-bond donors (Lipinski definition) is 1. The summed E-state index contributed by atoms with van der Waals surface area (Å²) < 4.78 is 16.8. The van der Waals surface area contributed by atoms with E-state index in [4.69, 9.17) is 24.2 Å². The van der Waals surface area contributed by atoms with Crippen LogP contribution in [-0.4, -0.2) is 53.9 Å². The molecule has 2 aliphatic rings. The van der Waals surface area contributed by atoms with Crippen molar-refractivity contribution in [3.63, 3.8) is 0 Å². The van der Waals surface area contributed by atoms with E-state index in [1.807, 2.05) is 30.0 Å². The summed E-state index contributed by atoms with van der Waals surface area (Å²) in [6.45, 7) is 1.83. The lowest BCUT2D eigenvalue weighted by Gasteiger charge is -2.31. The van der Waals surface area contributed by atoms with Crippen LogP contribution in [0.1, 0.15) is 11.1 Å². The van der Waals surface area contributed by atoms with Crippen LogP contribution in [0.25, 0.3) is 11.4 Å². The summed E-state index contributed by atoms with van der Waals surface area (Å²) in [6, 6.07) is 11.0. The third-order valence-electron chi connectivity index (χ3n) is 5.55. The van der Waals surface area contributed by atoms with Crippen LogP contribution >= 0.6 is 11.8 Å². The SMILES string of the molecule is COc1ccc(-c2nc3c(c(N4CCSCC4)n2)Cc2ccc(OC)cc2O3)c(O)c1. The predicted molar refractivity (Wildman–Crippen MR) is 121 cm³/mol. The van der Waals surface area contributed by atoms with Gasteiger partial charge >= 0.3 is 0 Å². The number of hydrogen-bond acceptors (Lipinski definition) is 8. The van der Waals surface area contributed by atoms with Gasteiger partial charge in [0.2, 0.25) is 5.88 Å². The molecule has 1 saturated heterocycles. The van der Waals surface area contributed by atoms with Crippen LogP contribution in [-0.2, 0) is 6.42 Å². The van der Waals surface area contributed by atoms with E-state index in [2.05, 4.69) is 4.90 Å². The number of aromatic nitrogens is 2. The van der Waals surface area contributed by atoms with Crippen LogP contribution in [0.2, 0.25) is 0 Å². The average molecular weight is 438 g/mol. The molecule has 0 radical (unpaired) electrons. The fraction of sp³-hybridized carbons (Fsp3) is 0.304. The van der Waals surface area contributed by atoms with Gasteiger partial charge in [-0.15, -0.1) is 0 Å². The van der Waals surface area contributed by atoms with Crippen LogP contribution in [0.5, 0.6) is 28.9 Å². The molecule has 0 atom stereocenters. The largest absolute Gasteiger partial charge is 0.507 e. The highest BCUT2D eigenvalue weighted by Crippen LogP contribution is 2.43. The maximum absolute atomic E-state index is 10.6. The van der Waals surface area contributed by atoms with Gasteiger partial charge in [-0.05, 0) is 23.8 Å². The molecular weight excluding hydrogens is 414 g/mol. The van der Waals surface area contributed by atoms with E-state index in [1.54, 1.807) is 32.4 Å². The normalized spacial score (nSPS) is 15.0. The van der Waals surface area contributed by atoms with Gasteiger partial charge in [0, 0.05) is 43.1 Å². The molecule has 0 unspecified atom stereocenters. The van der Waals surface area contributed by atoms with Crippen molar-refractivity contribution < 1.29 is 19.3 Å². The Labute approximate surface area is 185 Å². The van der Waals surface area contributed by atoms with Gasteiger partial charge in [-0.2, -0.15) is 16.7 Å². The lowest BCUT2D eigenvalue weighted by molar-refractivity contribution is 0.402. The lowest BCUT2D eigenvalue weighted by Crippen LogP contribution is -2.34. The Kier molecular flexibility index (Phi) is 5.23. The Bertz CT molecular complexity index is 1130. The summed E-state index contributed by atoms with van der Waals surface area (Å²) in [5.41, 5.74) is 2.59. The molecule has 3 aromatic rings.